The van der Waals surface area contributed by atoms with Crippen molar-refractivity contribution in [3.63, 3.8) is 0 Å². The second-order valence-electron chi connectivity index (χ2n) is 4.39. The predicted octanol–water partition coefficient (Wildman–Crippen LogP) is 2.84. The van der Waals surface area contributed by atoms with Crippen LogP contribution in [0.2, 0.25) is 0 Å². The van der Waals surface area contributed by atoms with Crippen LogP contribution in [0.3, 0.4) is 0 Å². The summed E-state index contributed by atoms with van der Waals surface area (Å²) in [5.41, 5.74) is 0.506. The second kappa shape index (κ2) is 5.27. The highest BCUT2D eigenvalue weighted by Crippen LogP contribution is 2.32. The Labute approximate surface area is 99.2 Å². The Morgan fingerprint density at radius 3 is 2.88 bits per heavy atom. The predicted molar refractivity (Wildman–Crippen MR) is 60.4 cm³/mol. The van der Waals surface area contributed by atoms with Crippen molar-refractivity contribution >= 4 is 5.97 Å². The molecule has 17 heavy (non-hydrogen) atoms. The minimum atomic E-state index is -1.05. The van der Waals surface area contributed by atoms with E-state index in [0.29, 0.717) is 12.2 Å². The summed E-state index contributed by atoms with van der Waals surface area (Å²) in [5.74, 6) is -0.706. The fourth-order valence-corrected chi connectivity index (χ4v) is 1.73. The summed E-state index contributed by atoms with van der Waals surface area (Å²) in [5, 5.41) is 8.93. The smallest absolute Gasteiger partial charge is 0.336 e. The van der Waals surface area contributed by atoms with Crippen LogP contribution in [-0.4, -0.2) is 17.7 Å². The first-order valence-corrected chi connectivity index (χ1v) is 5.76. The van der Waals surface area contributed by atoms with Crippen LogP contribution in [0.1, 0.15) is 35.2 Å². The fraction of sp³-hybridized carbons (Fsp3) is 0.462. The second-order valence-corrected chi connectivity index (χ2v) is 4.39. The first-order chi connectivity index (χ1) is 8.16. The average Bonchev–Trinajstić information content (AvgIpc) is 3.08. The van der Waals surface area contributed by atoms with Crippen molar-refractivity contribution in [1.29, 1.82) is 0 Å². The molecule has 2 rings (SSSR count). The molecule has 0 amide bonds. The number of benzene rings is 1. The van der Waals surface area contributed by atoms with Gasteiger partial charge in [-0.15, -0.1) is 0 Å². The van der Waals surface area contributed by atoms with Crippen LogP contribution in [0, 0.1) is 11.7 Å². The molecule has 0 saturated heterocycles. The molecule has 1 N–H and O–H groups in total. The van der Waals surface area contributed by atoms with E-state index in [1.165, 1.54) is 25.0 Å². The van der Waals surface area contributed by atoms with Crippen LogP contribution in [0.25, 0.3) is 0 Å². The minimum Gasteiger partial charge on any atom is -0.478 e. The molecule has 0 bridgehead atoms. The highest BCUT2D eigenvalue weighted by molar-refractivity contribution is 5.89. The Morgan fingerprint density at radius 2 is 2.24 bits per heavy atom. The summed E-state index contributed by atoms with van der Waals surface area (Å²) in [6.45, 7) is 0.770. The molecule has 1 saturated carbocycles. The lowest BCUT2D eigenvalue weighted by Gasteiger charge is -2.07. The van der Waals surface area contributed by atoms with Gasteiger partial charge in [0.25, 0.3) is 0 Å². The topological polar surface area (TPSA) is 46.5 Å². The quantitative estimate of drug-likeness (QED) is 0.775. The van der Waals surface area contributed by atoms with Gasteiger partial charge in [0.1, 0.15) is 5.82 Å². The standard InChI is InChI=1S/C13H15FO3/c14-11-3-4-12(13(15)16)10(7-11)8-17-6-5-9-1-2-9/h3-4,7,9H,1-2,5-6,8H2,(H,15,16). The van der Waals surface area contributed by atoms with Gasteiger partial charge in [0, 0.05) is 6.61 Å². The Bertz CT molecular complexity index is 413. The number of aromatic carboxylic acids is 1. The summed E-state index contributed by atoms with van der Waals surface area (Å²) in [4.78, 5) is 10.9. The van der Waals surface area contributed by atoms with E-state index in [2.05, 4.69) is 0 Å². The van der Waals surface area contributed by atoms with Gasteiger partial charge in [-0.1, -0.05) is 12.8 Å². The largest absolute Gasteiger partial charge is 0.478 e. The highest BCUT2D eigenvalue weighted by Gasteiger charge is 2.20. The van der Waals surface area contributed by atoms with E-state index in [-0.39, 0.29) is 12.2 Å². The van der Waals surface area contributed by atoms with Crippen LogP contribution in [0.5, 0.6) is 0 Å². The van der Waals surface area contributed by atoms with Crippen molar-refractivity contribution in [3.8, 4) is 0 Å². The molecule has 1 aliphatic rings. The van der Waals surface area contributed by atoms with E-state index >= 15 is 0 Å². The van der Waals surface area contributed by atoms with Gasteiger partial charge in [-0.05, 0) is 36.1 Å². The molecule has 1 aromatic rings. The van der Waals surface area contributed by atoms with Crippen LogP contribution >= 0.6 is 0 Å². The fourth-order valence-electron chi connectivity index (χ4n) is 1.73. The molecule has 92 valence electrons. The van der Waals surface area contributed by atoms with E-state index in [9.17, 15) is 9.18 Å². The third-order valence-electron chi connectivity index (χ3n) is 2.92. The number of carbonyl (C=O) groups is 1. The minimum absolute atomic E-state index is 0.109. The van der Waals surface area contributed by atoms with E-state index in [0.717, 1.165) is 18.4 Å². The normalized spacial score (nSPS) is 14.9. The highest BCUT2D eigenvalue weighted by atomic mass is 19.1. The Kier molecular flexibility index (Phi) is 3.74. The zero-order valence-corrected chi connectivity index (χ0v) is 9.49. The van der Waals surface area contributed by atoms with Crippen molar-refractivity contribution in [2.45, 2.75) is 25.9 Å². The maximum absolute atomic E-state index is 13.0. The maximum atomic E-state index is 13.0. The van der Waals surface area contributed by atoms with Gasteiger partial charge >= 0.3 is 5.97 Å². The SMILES string of the molecule is O=C(O)c1ccc(F)cc1COCCC1CC1. The molecular formula is C13H15FO3. The first-order valence-electron chi connectivity index (χ1n) is 5.76. The van der Waals surface area contributed by atoms with Gasteiger partial charge in [-0.2, -0.15) is 0 Å². The average molecular weight is 238 g/mol. The molecule has 1 aromatic carbocycles. The number of carboxylic acid groups (broad SMARTS) is 1. The van der Waals surface area contributed by atoms with Crippen molar-refractivity contribution in [3.05, 3.63) is 35.1 Å². The summed E-state index contributed by atoms with van der Waals surface area (Å²) in [7, 11) is 0. The van der Waals surface area contributed by atoms with Crippen LogP contribution in [0.15, 0.2) is 18.2 Å². The van der Waals surface area contributed by atoms with E-state index in [1.807, 2.05) is 0 Å². The van der Waals surface area contributed by atoms with E-state index < -0.39 is 11.8 Å². The monoisotopic (exact) mass is 238 g/mol. The van der Waals surface area contributed by atoms with Gasteiger partial charge in [0.05, 0.1) is 12.2 Å². The van der Waals surface area contributed by atoms with Crippen LogP contribution in [0.4, 0.5) is 4.39 Å². The lowest BCUT2D eigenvalue weighted by Crippen LogP contribution is -2.05. The van der Waals surface area contributed by atoms with E-state index in [4.69, 9.17) is 9.84 Å². The van der Waals surface area contributed by atoms with Gasteiger partial charge in [-0.3, -0.25) is 0 Å². The van der Waals surface area contributed by atoms with Crippen LogP contribution in [-0.2, 0) is 11.3 Å². The van der Waals surface area contributed by atoms with Gasteiger partial charge in [0.2, 0.25) is 0 Å². The summed E-state index contributed by atoms with van der Waals surface area (Å²) >= 11 is 0. The lowest BCUT2D eigenvalue weighted by atomic mass is 10.1. The summed E-state index contributed by atoms with van der Waals surface area (Å²) in [6.07, 6.45) is 3.55. The molecule has 4 heteroatoms. The molecule has 0 heterocycles. The number of hydrogen-bond acceptors (Lipinski definition) is 2. The Hall–Kier alpha value is -1.42. The van der Waals surface area contributed by atoms with E-state index in [1.54, 1.807) is 0 Å². The molecule has 0 aromatic heterocycles. The summed E-state index contributed by atoms with van der Waals surface area (Å²) in [6, 6.07) is 3.65. The van der Waals surface area contributed by atoms with Crippen molar-refractivity contribution in [2.24, 2.45) is 5.92 Å². The van der Waals surface area contributed by atoms with Gasteiger partial charge in [-0.25, -0.2) is 9.18 Å². The molecular weight excluding hydrogens is 223 g/mol. The maximum Gasteiger partial charge on any atom is 0.336 e. The molecule has 0 aliphatic heterocycles. The number of rotatable bonds is 6. The molecule has 0 spiro atoms. The zero-order chi connectivity index (χ0) is 12.3. The molecule has 0 radical (unpaired) electrons. The van der Waals surface area contributed by atoms with Crippen molar-refractivity contribution in [2.75, 3.05) is 6.61 Å². The number of halogens is 1. The van der Waals surface area contributed by atoms with Crippen molar-refractivity contribution < 1.29 is 19.0 Å². The molecule has 0 atom stereocenters. The molecule has 0 unspecified atom stereocenters. The lowest BCUT2D eigenvalue weighted by molar-refractivity contribution is 0.0686. The molecule has 1 fully saturated rings. The zero-order valence-electron chi connectivity index (χ0n) is 9.49. The Balaban J connectivity index is 1.92. The number of hydrogen-bond donors (Lipinski definition) is 1. The molecule has 1 aliphatic carbocycles. The van der Waals surface area contributed by atoms with Crippen LogP contribution < -0.4 is 0 Å². The number of carboxylic acids is 1. The first kappa shape index (κ1) is 12.0. The Morgan fingerprint density at radius 1 is 1.47 bits per heavy atom. The molecule has 3 nitrogen and oxygen atoms in total. The van der Waals surface area contributed by atoms with Crippen molar-refractivity contribution in [1.82, 2.24) is 0 Å². The third-order valence-corrected chi connectivity index (χ3v) is 2.92. The van der Waals surface area contributed by atoms with Gasteiger partial charge < -0.3 is 9.84 Å². The van der Waals surface area contributed by atoms with Gasteiger partial charge in [0.15, 0.2) is 0 Å². The summed E-state index contributed by atoms with van der Waals surface area (Å²) < 4.78 is 18.4. The number of ether oxygens (including phenoxy) is 1. The third kappa shape index (κ3) is 3.53.